The first-order valence-electron chi connectivity index (χ1n) is 12.9. The zero-order valence-electron chi connectivity index (χ0n) is 20.5. The van der Waals surface area contributed by atoms with Gasteiger partial charge in [-0.15, -0.1) is 0 Å². The standard InChI is InChI=1S/C29H37N5/c1-21(23-8-4-3-5-9-23)19-34(2)26-14-11-22(12-15-26)7-6-10-25-18-30-28-16-13-24(17-27(25)28)29-31-20-32-33-29/h3-5,8-9,13,16-18,20-22,26,30H,6-7,10-12,14-15,19H2,1-2H3,(H,31,32,33). The van der Waals surface area contributed by atoms with Crippen LogP contribution in [0.5, 0.6) is 0 Å². The smallest absolute Gasteiger partial charge is 0.155 e. The van der Waals surface area contributed by atoms with Crippen molar-refractivity contribution in [1.29, 1.82) is 0 Å². The Kier molecular flexibility index (Phi) is 7.10. The minimum Gasteiger partial charge on any atom is -0.361 e. The minimum absolute atomic E-state index is 0.588. The van der Waals surface area contributed by atoms with E-state index in [1.807, 2.05) is 0 Å². The SMILES string of the molecule is CC(CN(C)C1CCC(CCCc2c[nH]c3ccc(-c4ncn[nH]4)cc23)CC1)c1ccccc1. The molecule has 0 saturated heterocycles. The fourth-order valence-electron chi connectivity index (χ4n) is 5.80. The first kappa shape index (κ1) is 22.9. The number of aromatic nitrogens is 4. The highest BCUT2D eigenvalue weighted by Crippen LogP contribution is 2.32. The average molecular weight is 456 g/mol. The molecular weight excluding hydrogens is 418 g/mol. The lowest BCUT2D eigenvalue weighted by atomic mass is 9.82. The van der Waals surface area contributed by atoms with E-state index in [1.165, 1.54) is 60.6 Å². The number of aryl methyl sites for hydroxylation is 1. The van der Waals surface area contributed by atoms with Gasteiger partial charge in [-0.25, -0.2) is 4.98 Å². The summed E-state index contributed by atoms with van der Waals surface area (Å²) in [5.74, 6) is 2.30. The van der Waals surface area contributed by atoms with Gasteiger partial charge in [0.05, 0.1) is 0 Å². The van der Waals surface area contributed by atoms with E-state index in [0.717, 1.165) is 36.3 Å². The first-order chi connectivity index (χ1) is 16.7. The summed E-state index contributed by atoms with van der Waals surface area (Å²) < 4.78 is 0. The molecule has 0 amide bonds. The van der Waals surface area contributed by atoms with Gasteiger partial charge in [0.25, 0.3) is 0 Å². The molecule has 0 bridgehead atoms. The lowest BCUT2D eigenvalue weighted by Crippen LogP contribution is -2.37. The van der Waals surface area contributed by atoms with Crippen molar-refractivity contribution in [3.05, 3.63) is 72.2 Å². The highest BCUT2D eigenvalue weighted by Gasteiger charge is 2.25. The van der Waals surface area contributed by atoms with Crippen molar-refractivity contribution >= 4 is 10.9 Å². The maximum Gasteiger partial charge on any atom is 0.155 e. The van der Waals surface area contributed by atoms with Gasteiger partial charge in [-0.05, 0) is 86.7 Å². The molecule has 0 spiro atoms. The second-order valence-corrected chi connectivity index (χ2v) is 10.2. The van der Waals surface area contributed by atoms with Gasteiger partial charge in [-0.1, -0.05) is 43.7 Å². The summed E-state index contributed by atoms with van der Waals surface area (Å²) in [6.45, 7) is 3.51. The number of rotatable bonds is 9. The van der Waals surface area contributed by atoms with E-state index in [9.17, 15) is 0 Å². The quantitative estimate of drug-likeness (QED) is 0.300. The number of nitrogens with zero attached hydrogens (tertiary/aromatic N) is 3. The van der Waals surface area contributed by atoms with Gasteiger partial charge in [-0.2, -0.15) is 5.10 Å². The summed E-state index contributed by atoms with van der Waals surface area (Å²) >= 11 is 0. The Labute approximate surface area is 203 Å². The Hall–Kier alpha value is -2.92. The molecule has 1 aliphatic carbocycles. The van der Waals surface area contributed by atoms with Crippen molar-refractivity contribution in [2.24, 2.45) is 5.92 Å². The number of fused-ring (bicyclic) bond motifs is 1. The van der Waals surface area contributed by atoms with Crippen LogP contribution in [-0.4, -0.2) is 44.7 Å². The number of benzene rings is 2. The van der Waals surface area contributed by atoms with E-state index in [1.54, 1.807) is 6.33 Å². The van der Waals surface area contributed by atoms with E-state index in [4.69, 9.17) is 0 Å². The molecule has 1 saturated carbocycles. The molecular formula is C29H37N5. The molecule has 1 aliphatic rings. The first-order valence-corrected chi connectivity index (χ1v) is 12.9. The third-order valence-electron chi connectivity index (χ3n) is 7.88. The number of aromatic amines is 2. The predicted molar refractivity (Wildman–Crippen MR) is 140 cm³/mol. The fourth-order valence-corrected chi connectivity index (χ4v) is 5.80. The van der Waals surface area contributed by atoms with E-state index < -0.39 is 0 Å². The summed E-state index contributed by atoms with van der Waals surface area (Å²) in [6, 6.07) is 18.2. The van der Waals surface area contributed by atoms with Gasteiger partial charge in [0.2, 0.25) is 0 Å². The molecule has 1 unspecified atom stereocenters. The van der Waals surface area contributed by atoms with Crippen LogP contribution in [0.15, 0.2) is 61.1 Å². The molecule has 1 fully saturated rings. The summed E-state index contributed by atoms with van der Waals surface area (Å²) in [5.41, 5.74) is 5.16. The zero-order chi connectivity index (χ0) is 23.3. The van der Waals surface area contributed by atoms with Gasteiger partial charge in [0.1, 0.15) is 6.33 Å². The Morgan fingerprint density at radius 2 is 1.88 bits per heavy atom. The number of nitrogens with one attached hydrogen (secondary N) is 2. The molecule has 4 aromatic rings. The van der Waals surface area contributed by atoms with Gasteiger partial charge in [0.15, 0.2) is 5.82 Å². The van der Waals surface area contributed by atoms with Crippen LogP contribution in [-0.2, 0) is 6.42 Å². The zero-order valence-corrected chi connectivity index (χ0v) is 20.5. The van der Waals surface area contributed by atoms with Crippen LogP contribution in [0, 0.1) is 5.92 Å². The Balaban J connectivity index is 1.09. The normalized spacial score (nSPS) is 19.6. The predicted octanol–water partition coefficient (Wildman–Crippen LogP) is 6.57. The van der Waals surface area contributed by atoms with Gasteiger partial charge < -0.3 is 9.88 Å². The third-order valence-corrected chi connectivity index (χ3v) is 7.88. The monoisotopic (exact) mass is 455 g/mol. The maximum absolute atomic E-state index is 4.30. The second-order valence-electron chi connectivity index (χ2n) is 10.2. The molecule has 2 aromatic heterocycles. The maximum atomic E-state index is 4.30. The molecule has 0 radical (unpaired) electrons. The van der Waals surface area contributed by atoms with Gasteiger partial charge >= 0.3 is 0 Å². The van der Waals surface area contributed by atoms with Crippen molar-refractivity contribution in [2.75, 3.05) is 13.6 Å². The molecule has 178 valence electrons. The van der Waals surface area contributed by atoms with Crippen molar-refractivity contribution in [2.45, 2.75) is 63.8 Å². The molecule has 5 nitrogen and oxygen atoms in total. The minimum atomic E-state index is 0.588. The third kappa shape index (κ3) is 5.25. The van der Waals surface area contributed by atoms with Crippen molar-refractivity contribution in [3.63, 3.8) is 0 Å². The summed E-state index contributed by atoms with van der Waals surface area (Å²) in [7, 11) is 2.33. The van der Waals surface area contributed by atoms with E-state index in [2.05, 4.69) is 93.8 Å². The topological polar surface area (TPSA) is 60.6 Å². The second kappa shape index (κ2) is 10.6. The van der Waals surface area contributed by atoms with Crippen LogP contribution in [0.3, 0.4) is 0 Å². The van der Waals surface area contributed by atoms with Crippen molar-refractivity contribution in [1.82, 2.24) is 25.1 Å². The lowest BCUT2D eigenvalue weighted by molar-refractivity contribution is 0.155. The Morgan fingerprint density at radius 1 is 1.06 bits per heavy atom. The average Bonchev–Trinajstić information content (AvgIpc) is 3.55. The molecule has 5 heteroatoms. The largest absolute Gasteiger partial charge is 0.361 e. The van der Waals surface area contributed by atoms with E-state index in [-0.39, 0.29) is 0 Å². The van der Waals surface area contributed by atoms with Crippen LogP contribution in [0.1, 0.15) is 62.5 Å². The highest BCUT2D eigenvalue weighted by molar-refractivity contribution is 5.87. The Morgan fingerprint density at radius 3 is 2.65 bits per heavy atom. The fraction of sp³-hybridized carbons (Fsp3) is 0.448. The van der Waals surface area contributed by atoms with Crippen LogP contribution in [0.25, 0.3) is 22.3 Å². The van der Waals surface area contributed by atoms with Crippen LogP contribution in [0.2, 0.25) is 0 Å². The van der Waals surface area contributed by atoms with Crippen molar-refractivity contribution < 1.29 is 0 Å². The molecule has 2 heterocycles. The number of likely N-dealkylation sites (N-methyl/N-ethyl adjacent to an activating group) is 1. The summed E-state index contributed by atoms with van der Waals surface area (Å²) in [4.78, 5) is 10.4. The van der Waals surface area contributed by atoms with Gasteiger partial charge in [0, 0.05) is 35.2 Å². The summed E-state index contributed by atoms with van der Waals surface area (Å²) in [5, 5.41) is 8.27. The molecule has 2 aromatic carbocycles. The molecule has 1 atom stereocenters. The van der Waals surface area contributed by atoms with Crippen LogP contribution >= 0.6 is 0 Å². The van der Waals surface area contributed by atoms with E-state index in [0.29, 0.717) is 5.92 Å². The summed E-state index contributed by atoms with van der Waals surface area (Å²) in [6.07, 6.45) is 12.9. The lowest BCUT2D eigenvalue weighted by Gasteiger charge is -2.36. The molecule has 34 heavy (non-hydrogen) atoms. The Bertz CT molecular complexity index is 1160. The number of hydrogen-bond acceptors (Lipinski definition) is 3. The number of hydrogen-bond donors (Lipinski definition) is 2. The van der Waals surface area contributed by atoms with Crippen molar-refractivity contribution in [3.8, 4) is 11.4 Å². The highest BCUT2D eigenvalue weighted by atomic mass is 15.2. The van der Waals surface area contributed by atoms with Crippen LogP contribution in [0.4, 0.5) is 0 Å². The number of H-pyrrole nitrogens is 2. The molecule has 0 aliphatic heterocycles. The molecule has 2 N–H and O–H groups in total. The van der Waals surface area contributed by atoms with Gasteiger partial charge in [-0.3, -0.25) is 5.10 Å². The molecule has 5 rings (SSSR count). The van der Waals surface area contributed by atoms with Crippen LogP contribution < -0.4 is 0 Å². The van der Waals surface area contributed by atoms with E-state index >= 15 is 0 Å².